The fourth-order valence-corrected chi connectivity index (χ4v) is 3.00. The van der Waals surface area contributed by atoms with Crippen LogP contribution in [0.15, 0.2) is 39.8 Å². The van der Waals surface area contributed by atoms with Crippen molar-refractivity contribution in [3.63, 3.8) is 0 Å². The zero-order valence-electron chi connectivity index (χ0n) is 19.7. The number of rotatable bonds is 11. The Bertz CT molecular complexity index is 850. The lowest BCUT2D eigenvalue weighted by atomic mass is 9.99. The van der Waals surface area contributed by atoms with E-state index in [0.29, 0.717) is 30.7 Å². The molecular weight excluding hydrogens is 521 g/mol. The van der Waals surface area contributed by atoms with Crippen LogP contribution in [0.1, 0.15) is 56.5 Å². The molecular formula is C23H36IN5O3. The van der Waals surface area contributed by atoms with Crippen molar-refractivity contribution in [1.82, 2.24) is 20.7 Å². The lowest BCUT2D eigenvalue weighted by Gasteiger charge is -2.12. The third-order valence-electron chi connectivity index (χ3n) is 4.93. The summed E-state index contributed by atoms with van der Waals surface area (Å²) < 4.78 is 11.1. The van der Waals surface area contributed by atoms with E-state index >= 15 is 0 Å². The second-order valence-electron chi connectivity index (χ2n) is 7.50. The van der Waals surface area contributed by atoms with E-state index < -0.39 is 0 Å². The van der Waals surface area contributed by atoms with Crippen LogP contribution in [0.3, 0.4) is 0 Å². The van der Waals surface area contributed by atoms with E-state index in [1.165, 1.54) is 4.90 Å². The van der Waals surface area contributed by atoms with Gasteiger partial charge in [0.2, 0.25) is 0 Å². The van der Waals surface area contributed by atoms with Gasteiger partial charge in [-0.2, -0.15) is 0 Å². The average Bonchev–Trinajstić information content (AvgIpc) is 3.23. The van der Waals surface area contributed by atoms with Gasteiger partial charge in [-0.05, 0) is 37.5 Å². The molecule has 1 aromatic carbocycles. The zero-order chi connectivity index (χ0) is 22.6. The molecule has 0 spiro atoms. The Kier molecular flexibility index (Phi) is 12.7. The number of aliphatic imine (C=N–C) groups is 1. The van der Waals surface area contributed by atoms with E-state index in [9.17, 15) is 4.79 Å². The Morgan fingerprint density at radius 2 is 1.94 bits per heavy atom. The van der Waals surface area contributed by atoms with Crippen molar-refractivity contribution in [2.24, 2.45) is 4.99 Å². The van der Waals surface area contributed by atoms with Crippen LogP contribution < -0.4 is 15.4 Å². The predicted octanol–water partition coefficient (Wildman–Crippen LogP) is 3.92. The number of aromatic nitrogens is 1. The summed E-state index contributed by atoms with van der Waals surface area (Å²) in [7, 11) is 3.41. The maximum Gasteiger partial charge on any atom is 0.259 e. The zero-order valence-corrected chi connectivity index (χ0v) is 22.0. The van der Waals surface area contributed by atoms with Gasteiger partial charge in [0, 0.05) is 32.6 Å². The smallest absolute Gasteiger partial charge is 0.259 e. The predicted molar refractivity (Wildman–Crippen MR) is 138 cm³/mol. The Morgan fingerprint density at radius 1 is 1.19 bits per heavy atom. The van der Waals surface area contributed by atoms with Crippen LogP contribution in [0.25, 0.3) is 0 Å². The normalized spacial score (nSPS) is 11.1. The minimum atomic E-state index is -0.0816. The Labute approximate surface area is 208 Å². The van der Waals surface area contributed by atoms with Gasteiger partial charge in [0.15, 0.2) is 18.3 Å². The molecule has 2 N–H and O–H groups in total. The summed E-state index contributed by atoms with van der Waals surface area (Å²) in [4.78, 5) is 17.8. The second-order valence-corrected chi connectivity index (χ2v) is 7.50. The molecule has 2 aromatic rings. The van der Waals surface area contributed by atoms with E-state index in [2.05, 4.69) is 34.6 Å². The van der Waals surface area contributed by atoms with E-state index in [4.69, 9.17) is 9.26 Å². The molecule has 1 amide bonds. The largest absolute Gasteiger partial charge is 0.484 e. The Morgan fingerprint density at radius 3 is 2.59 bits per heavy atom. The van der Waals surface area contributed by atoms with Crippen molar-refractivity contribution in [3.05, 3.63) is 47.3 Å². The first kappa shape index (κ1) is 27.7. The lowest BCUT2D eigenvalue weighted by molar-refractivity contribution is -0.130. The molecule has 2 rings (SSSR count). The number of hydrogen-bond donors (Lipinski definition) is 2. The van der Waals surface area contributed by atoms with E-state index in [-0.39, 0.29) is 36.5 Å². The van der Waals surface area contributed by atoms with E-state index in [0.717, 1.165) is 36.4 Å². The molecule has 0 fully saturated rings. The number of benzene rings is 1. The van der Waals surface area contributed by atoms with Gasteiger partial charge in [0.05, 0.1) is 18.8 Å². The maximum absolute atomic E-state index is 11.7. The highest BCUT2D eigenvalue weighted by Gasteiger charge is 2.13. The first-order valence-electron chi connectivity index (χ1n) is 10.9. The molecule has 0 saturated heterocycles. The second kappa shape index (κ2) is 14.7. The first-order chi connectivity index (χ1) is 15.0. The van der Waals surface area contributed by atoms with Gasteiger partial charge >= 0.3 is 0 Å². The molecule has 1 heterocycles. The first-order valence-corrected chi connectivity index (χ1v) is 10.9. The number of amides is 1. The van der Waals surface area contributed by atoms with Gasteiger partial charge < -0.3 is 24.8 Å². The van der Waals surface area contributed by atoms with Crippen molar-refractivity contribution in [3.8, 4) is 5.75 Å². The lowest BCUT2D eigenvalue weighted by Crippen LogP contribution is -2.36. The number of ether oxygens (including phenoxy) is 1. The summed E-state index contributed by atoms with van der Waals surface area (Å²) in [6.45, 7) is 8.09. The Balaban J connectivity index is 0.00000512. The number of nitrogens with zero attached hydrogens (tertiary/aromatic N) is 3. The van der Waals surface area contributed by atoms with Crippen molar-refractivity contribution in [2.75, 3.05) is 27.2 Å². The number of likely N-dealkylation sites (N-methyl/N-ethyl adjacent to an activating group) is 1. The SMILES string of the molecule is CCNC(=NCc1cccc(OCC(=O)N(C)C)c1)NCc1cc(C(CC)CC)no1.I. The van der Waals surface area contributed by atoms with Crippen molar-refractivity contribution < 1.29 is 14.1 Å². The summed E-state index contributed by atoms with van der Waals surface area (Å²) in [5, 5.41) is 10.7. The van der Waals surface area contributed by atoms with Crippen LogP contribution in [-0.4, -0.2) is 49.2 Å². The van der Waals surface area contributed by atoms with Gasteiger partial charge in [-0.15, -0.1) is 24.0 Å². The van der Waals surface area contributed by atoms with Crippen molar-refractivity contribution >= 4 is 35.8 Å². The third-order valence-corrected chi connectivity index (χ3v) is 4.93. The molecule has 8 nitrogen and oxygen atoms in total. The number of halogens is 1. The minimum absolute atomic E-state index is 0. The van der Waals surface area contributed by atoms with Crippen molar-refractivity contribution in [1.29, 1.82) is 0 Å². The molecule has 1 aromatic heterocycles. The summed E-state index contributed by atoms with van der Waals surface area (Å²) in [5.74, 6) is 2.48. The van der Waals surface area contributed by atoms with Crippen LogP contribution in [0.4, 0.5) is 0 Å². The van der Waals surface area contributed by atoms with Gasteiger partial charge in [-0.3, -0.25) is 4.79 Å². The van der Waals surface area contributed by atoms with Gasteiger partial charge in [-0.1, -0.05) is 31.1 Å². The number of carbonyl (C=O) groups excluding carboxylic acids is 1. The van der Waals surface area contributed by atoms with Crippen LogP contribution >= 0.6 is 24.0 Å². The Hall–Kier alpha value is -2.30. The minimum Gasteiger partial charge on any atom is -0.484 e. The van der Waals surface area contributed by atoms with Crippen molar-refractivity contribution in [2.45, 2.75) is 52.6 Å². The van der Waals surface area contributed by atoms with E-state index in [1.54, 1.807) is 14.1 Å². The molecule has 178 valence electrons. The van der Waals surface area contributed by atoms with Gasteiger partial charge in [0.25, 0.3) is 5.91 Å². The van der Waals surface area contributed by atoms with Gasteiger partial charge in [0.1, 0.15) is 5.75 Å². The molecule has 0 aliphatic heterocycles. The van der Waals surface area contributed by atoms with Crippen LogP contribution in [0, 0.1) is 0 Å². The standard InChI is InChI=1S/C23H35N5O3.HI/c1-6-18(7-2)21-13-20(31-27-21)15-26-23(24-8-3)25-14-17-10-9-11-19(12-17)30-16-22(29)28(4)5;/h9-13,18H,6-8,14-16H2,1-5H3,(H2,24,25,26);1H. The molecule has 0 aliphatic carbocycles. The van der Waals surface area contributed by atoms with Crippen LogP contribution in [0.2, 0.25) is 0 Å². The quantitative estimate of drug-likeness (QED) is 0.247. The highest BCUT2D eigenvalue weighted by Crippen LogP contribution is 2.22. The summed E-state index contributed by atoms with van der Waals surface area (Å²) in [6, 6.07) is 9.63. The number of guanidine groups is 1. The molecule has 0 atom stereocenters. The summed E-state index contributed by atoms with van der Waals surface area (Å²) in [5.41, 5.74) is 2.00. The molecule has 0 bridgehead atoms. The maximum atomic E-state index is 11.7. The van der Waals surface area contributed by atoms with Crippen LogP contribution in [-0.2, 0) is 17.9 Å². The van der Waals surface area contributed by atoms with E-state index in [1.807, 2.05) is 37.3 Å². The third kappa shape index (κ3) is 9.05. The molecule has 32 heavy (non-hydrogen) atoms. The fraction of sp³-hybridized carbons (Fsp3) is 0.522. The number of hydrogen-bond acceptors (Lipinski definition) is 5. The molecule has 9 heteroatoms. The summed E-state index contributed by atoms with van der Waals surface area (Å²) >= 11 is 0. The highest BCUT2D eigenvalue weighted by molar-refractivity contribution is 14.0. The molecule has 0 saturated carbocycles. The fourth-order valence-electron chi connectivity index (χ4n) is 3.00. The molecule has 0 aliphatic rings. The summed E-state index contributed by atoms with van der Waals surface area (Å²) in [6.07, 6.45) is 2.10. The van der Waals surface area contributed by atoms with Gasteiger partial charge in [-0.25, -0.2) is 4.99 Å². The number of carbonyl (C=O) groups is 1. The molecule has 0 unspecified atom stereocenters. The average molecular weight is 557 g/mol. The number of nitrogens with one attached hydrogen (secondary N) is 2. The highest BCUT2D eigenvalue weighted by atomic mass is 127. The molecule has 0 radical (unpaired) electrons. The van der Waals surface area contributed by atoms with Crippen LogP contribution in [0.5, 0.6) is 5.75 Å². The monoisotopic (exact) mass is 557 g/mol. The topological polar surface area (TPSA) is 92.0 Å².